The van der Waals surface area contributed by atoms with Crippen molar-refractivity contribution in [1.82, 2.24) is 25.0 Å². The average molecular weight is 315 g/mol. The van der Waals surface area contributed by atoms with Crippen LogP contribution in [0.5, 0.6) is 5.75 Å². The molecule has 0 aliphatic carbocycles. The third-order valence-corrected chi connectivity index (χ3v) is 4.02. The molecular formula is C16H21N5O2. The maximum absolute atomic E-state index is 12.5. The van der Waals surface area contributed by atoms with E-state index >= 15 is 0 Å². The monoisotopic (exact) mass is 315 g/mol. The molecule has 1 N–H and O–H groups in total. The summed E-state index contributed by atoms with van der Waals surface area (Å²) in [6.45, 7) is 1.09. The summed E-state index contributed by atoms with van der Waals surface area (Å²) in [6.07, 6.45) is 3.26. The number of rotatable bonds is 3. The Morgan fingerprint density at radius 3 is 3.09 bits per heavy atom. The zero-order valence-corrected chi connectivity index (χ0v) is 13.4. The minimum atomic E-state index is -0.130. The van der Waals surface area contributed by atoms with Gasteiger partial charge in [-0.25, -0.2) is 9.78 Å². The van der Waals surface area contributed by atoms with Crippen LogP contribution in [0.15, 0.2) is 30.6 Å². The molecule has 0 bridgehead atoms. The smallest absolute Gasteiger partial charge is 0.318 e. The van der Waals surface area contributed by atoms with Gasteiger partial charge in [-0.3, -0.25) is 4.68 Å². The Bertz CT molecular complexity index is 685. The third-order valence-electron chi connectivity index (χ3n) is 4.02. The number of carbonyl (C=O) groups is 1. The van der Waals surface area contributed by atoms with Crippen LogP contribution >= 0.6 is 0 Å². The summed E-state index contributed by atoms with van der Waals surface area (Å²) in [4.78, 5) is 18.2. The van der Waals surface area contributed by atoms with Crippen molar-refractivity contribution in [2.24, 2.45) is 7.05 Å². The van der Waals surface area contributed by atoms with Gasteiger partial charge in [-0.05, 0) is 18.9 Å². The summed E-state index contributed by atoms with van der Waals surface area (Å²) in [6, 6.07) is 7.70. The third kappa shape index (κ3) is 3.44. The van der Waals surface area contributed by atoms with Crippen LogP contribution in [0.4, 0.5) is 4.79 Å². The number of amides is 2. The number of fused-ring (bicyclic) bond motifs is 1. The maximum Gasteiger partial charge on any atom is 0.318 e. The molecule has 0 spiro atoms. The van der Waals surface area contributed by atoms with Gasteiger partial charge in [0.2, 0.25) is 0 Å². The number of nitrogens with one attached hydrogen (secondary N) is 1. The first-order chi connectivity index (χ1) is 11.1. The van der Waals surface area contributed by atoms with E-state index < -0.39 is 0 Å². The minimum absolute atomic E-state index is 0.0388. The number of para-hydroxylation sites is 1. The van der Waals surface area contributed by atoms with Gasteiger partial charge in [0.25, 0.3) is 0 Å². The zero-order chi connectivity index (χ0) is 16.2. The Morgan fingerprint density at radius 2 is 2.30 bits per heavy atom. The molecule has 0 radical (unpaired) electrons. The van der Waals surface area contributed by atoms with E-state index in [2.05, 4.69) is 15.4 Å². The second-order valence-corrected chi connectivity index (χ2v) is 5.69. The standard InChI is InChI=1S/C16H21N5O2/c1-20(10-15-17-11-18-21(15)2)16(22)19-13-7-5-9-23-14-8-4-3-6-12(13)14/h3-4,6,8,11,13H,5,7,9-10H2,1-2H3,(H,19,22)/t13-/m1/s1. The zero-order valence-electron chi connectivity index (χ0n) is 13.4. The summed E-state index contributed by atoms with van der Waals surface area (Å²) in [7, 11) is 3.57. The number of hydrogen-bond acceptors (Lipinski definition) is 4. The van der Waals surface area contributed by atoms with E-state index in [1.54, 1.807) is 16.6 Å². The second kappa shape index (κ2) is 6.68. The van der Waals surface area contributed by atoms with E-state index in [0.29, 0.717) is 13.2 Å². The van der Waals surface area contributed by atoms with Crippen LogP contribution in [0, 0.1) is 0 Å². The number of urea groups is 1. The number of nitrogens with zero attached hydrogens (tertiary/aromatic N) is 4. The van der Waals surface area contributed by atoms with Crippen LogP contribution in [0.25, 0.3) is 0 Å². The lowest BCUT2D eigenvalue weighted by atomic mass is 10.0. The highest BCUT2D eigenvalue weighted by Crippen LogP contribution is 2.31. The Balaban J connectivity index is 1.68. The van der Waals surface area contributed by atoms with Gasteiger partial charge in [-0.15, -0.1) is 0 Å². The van der Waals surface area contributed by atoms with Crippen molar-refractivity contribution in [3.8, 4) is 5.75 Å². The fraction of sp³-hybridized carbons (Fsp3) is 0.438. The highest BCUT2D eigenvalue weighted by atomic mass is 16.5. The predicted molar refractivity (Wildman–Crippen MR) is 84.9 cm³/mol. The van der Waals surface area contributed by atoms with Crippen molar-refractivity contribution < 1.29 is 9.53 Å². The summed E-state index contributed by atoms with van der Waals surface area (Å²) >= 11 is 0. The van der Waals surface area contributed by atoms with Gasteiger partial charge in [-0.1, -0.05) is 18.2 Å². The molecule has 3 rings (SSSR count). The van der Waals surface area contributed by atoms with Gasteiger partial charge in [0, 0.05) is 19.7 Å². The Kier molecular flexibility index (Phi) is 4.45. The fourth-order valence-corrected chi connectivity index (χ4v) is 2.68. The van der Waals surface area contributed by atoms with Crippen LogP contribution in [-0.2, 0) is 13.6 Å². The largest absolute Gasteiger partial charge is 0.493 e. The average Bonchev–Trinajstić information content (AvgIpc) is 2.84. The highest BCUT2D eigenvalue weighted by Gasteiger charge is 2.22. The van der Waals surface area contributed by atoms with Crippen LogP contribution in [0.2, 0.25) is 0 Å². The van der Waals surface area contributed by atoms with E-state index in [-0.39, 0.29) is 12.1 Å². The number of benzene rings is 1. The maximum atomic E-state index is 12.5. The molecule has 2 amide bonds. The Labute approximate surface area is 135 Å². The van der Waals surface area contributed by atoms with Crippen molar-refractivity contribution in [3.63, 3.8) is 0 Å². The van der Waals surface area contributed by atoms with Crippen LogP contribution in [-0.4, -0.2) is 39.4 Å². The Morgan fingerprint density at radius 1 is 1.48 bits per heavy atom. The number of aromatic nitrogens is 3. The number of hydrogen-bond donors (Lipinski definition) is 1. The topological polar surface area (TPSA) is 72.3 Å². The lowest BCUT2D eigenvalue weighted by Crippen LogP contribution is -2.39. The molecule has 0 saturated heterocycles. The van der Waals surface area contributed by atoms with E-state index in [9.17, 15) is 4.79 Å². The molecule has 23 heavy (non-hydrogen) atoms. The van der Waals surface area contributed by atoms with Crippen molar-refractivity contribution in [2.75, 3.05) is 13.7 Å². The van der Waals surface area contributed by atoms with Gasteiger partial charge >= 0.3 is 6.03 Å². The molecule has 1 aromatic carbocycles. The Hall–Kier alpha value is -2.57. The summed E-state index contributed by atoms with van der Waals surface area (Å²) < 4.78 is 7.40. The number of aryl methyl sites for hydroxylation is 1. The second-order valence-electron chi connectivity index (χ2n) is 5.69. The molecule has 1 aliphatic rings. The van der Waals surface area contributed by atoms with Gasteiger partial charge in [0.05, 0.1) is 19.2 Å². The normalized spacial score (nSPS) is 16.9. The van der Waals surface area contributed by atoms with Crippen molar-refractivity contribution in [1.29, 1.82) is 0 Å². The van der Waals surface area contributed by atoms with Crippen LogP contribution in [0.1, 0.15) is 30.3 Å². The van der Waals surface area contributed by atoms with Gasteiger partial charge in [0.1, 0.15) is 17.9 Å². The lowest BCUT2D eigenvalue weighted by molar-refractivity contribution is 0.200. The molecule has 122 valence electrons. The summed E-state index contributed by atoms with van der Waals surface area (Å²) in [5.41, 5.74) is 1.03. The predicted octanol–water partition coefficient (Wildman–Crippen LogP) is 1.87. The molecule has 0 unspecified atom stereocenters. The number of ether oxygens (including phenoxy) is 1. The first-order valence-corrected chi connectivity index (χ1v) is 7.71. The molecule has 1 atom stereocenters. The summed E-state index contributed by atoms with van der Waals surface area (Å²) in [5.74, 6) is 1.60. The SMILES string of the molecule is CN(Cc1ncnn1C)C(=O)N[C@@H]1CCCOc2ccccc21. The minimum Gasteiger partial charge on any atom is -0.493 e. The quantitative estimate of drug-likeness (QED) is 0.938. The molecule has 7 heteroatoms. The van der Waals surface area contributed by atoms with Crippen molar-refractivity contribution in [2.45, 2.75) is 25.4 Å². The molecule has 7 nitrogen and oxygen atoms in total. The van der Waals surface area contributed by atoms with Crippen LogP contribution in [0.3, 0.4) is 0 Å². The van der Waals surface area contributed by atoms with E-state index in [0.717, 1.165) is 30.0 Å². The molecule has 2 heterocycles. The molecule has 0 fully saturated rings. The summed E-state index contributed by atoms with van der Waals surface area (Å²) in [5, 5.41) is 7.11. The van der Waals surface area contributed by atoms with Crippen molar-refractivity contribution in [3.05, 3.63) is 42.0 Å². The first-order valence-electron chi connectivity index (χ1n) is 7.71. The van der Waals surface area contributed by atoms with Gasteiger partial charge in [-0.2, -0.15) is 5.10 Å². The van der Waals surface area contributed by atoms with Gasteiger partial charge in [0.15, 0.2) is 0 Å². The molecule has 1 aromatic heterocycles. The van der Waals surface area contributed by atoms with Crippen molar-refractivity contribution >= 4 is 6.03 Å². The molecular weight excluding hydrogens is 294 g/mol. The highest BCUT2D eigenvalue weighted by molar-refractivity contribution is 5.74. The van der Waals surface area contributed by atoms with E-state index in [4.69, 9.17) is 4.74 Å². The molecule has 2 aromatic rings. The van der Waals surface area contributed by atoms with E-state index in [1.165, 1.54) is 6.33 Å². The molecule has 0 saturated carbocycles. The fourth-order valence-electron chi connectivity index (χ4n) is 2.68. The number of carbonyl (C=O) groups excluding carboxylic acids is 1. The van der Waals surface area contributed by atoms with E-state index in [1.807, 2.05) is 31.3 Å². The first kappa shape index (κ1) is 15.3. The van der Waals surface area contributed by atoms with Gasteiger partial charge < -0.3 is 15.0 Å². The van der Waals surface area contributed by atoms with Crippen LogP contribution < -0.4 is 10.1 Å². The molecule has 1 aliphatic heterocycles. The lowest BCUT2D eigenvalue weighted by Gasteiger charge is -2.23.